The first-order valence-corrected chi connectivity index (χ1v) is 6.70. The average Bonchev–Trinajstić information content (AvgIpc) is 2.80. The summed E-state index contributed by atoms with van der Waals surface area (Å²) in [6.45, 7) is 2.05. The van der Waals surface area contributed by atoms with Gasteiger partial charge in [-0.15, -0.1) is 0 Å². The van der Waals surface area contributed by atoms with E-state index in [9.17, 15) is 0 Å². The van der Waals surface area contributed by atoms with E-state index >= 15 is 0 Å². The Morgan fingerprint density at radius 1 is 1.12 bits per heavy atom. The highest BCUT2D eigenvalue weighted by Gasteiger charge is 2.14. The fraction of sp³-hybridized carbons (Fsp3) is 0.600. The van der Waals surface area contributed by atoms with Crippen LogP contribution in [0.4, 0.5) is 0 Å². The van der Waals surface area contributed by atoms with Gasteiger partial charge in [-0.05, 0) is 38.1 Å². The minimum Gasteiger partial charge on any atom is -0.310 e. The molecule has 1 saturated carbocycles. The molecule has 0 atom stereocenters. The highest BCUT2D eigenvalue weighted by Crippen LogP contribution is 2.19. The smallest absolute Gasteiger partial charge is 0.0230 e. The fourth-order valence-electron chi connectivity index (χ4n) is 2.61. The van der Waals surface area contributed by atoms with Crippen molar-refractivity contribution in [3.63, 3.8) is 0 Å². The van der Waals surface area contributed by atoms with Gasteiger partial charge in [-0.2, -0.15) is 0 Å². The summed E-state index contributed by atoms with van der Waals surface area (Å²) in [5.41, 5.74) is 2.90. The monoisotopic (exact) mass is 232 g/mol. The lowest BCUT2D eigenvalue weighted by molar-refractivity contribution is 0.399. The van der Waals surface area contributed by atoms with Crippen LogP contribution in [0.2, 0.25) is 0 Å². The molecule has 1 fully saturated rings. The number of hydrogen-bond donors (Lipinski definition) is 1. The van der Waals surface area contributed by atoms with E-state index in [0.717, 1.165) is 19.1 Å². The summed E-state index contributed by atoms with van der Waals surface area (Å²) in [6.07, 6.45) is 5.51. The molecule has 0 bridgehead atoms. The van der Waals surface area contributed by atoms with Gasteiger partial charge < -0.3 is 10.2 Å². The molecule has 1 N–H and O–H groups in total. The van der Waals surface area contributed by atoms with E-state index in [4.69, 9.17) is 0 Å². The number of hydrogen-bond acceptors (Lipinski definition) is 2. The van der Waals surface area contributed by atoms with Crippen molar-refractivity contribution in [2.75, 3.05) is 14.1 Å². The van der Waals surface area contributed by atoms with Crippen LogP contribution < -0.4 is 5.32 Å². The van der Waals surface area contributed by atoms with Crippen LogP contribution in [0, 0.1) is 0 Å². The van der Waals surface area contributed by atoms with Gasteiger partial charge >= 0.3 is 0 Å². The lowest BCUT2D eigenvalue weighted by Gasteiger charge is -2.17. The van der Waals surface area contributed by atoms with E-state index in [2.05, 4.69) is 48.6 Å². The van der Waals surface area contributed by atoms with Gasteiger partial charge in [0.05, 0.1) is 0 Å². The van der Waals surface area contributed by atoms with Gasteiger partial charge in [-0.3, -0.25) is 0 Å². The van der Waals surface area contributed by atoms with Gasteiger partial charge in [0.1, 0.15) is 0 Å². The third-order valence-electron chi connectivity index (χ3n) is 3.54. The highest BCUT2D eigenvalue weighted by molar-refractivity contribution is 5.27. The second kappa shape index (κ2) is 6.18. The summed E-state index contributed by atoms with van der Waals surface area (Å²) in [4.78, 5) is 2.23. The van der Waals surface area contributed by atoms with Crippen LogP contribution in [0.1, 0.15) is 36.8 Å². The van der Waals surface area contributed by atoms with Crippen LogP contribution in [-0.2, 0) is 13.1 Å². The maximum absolute atomic E-state index is 3.69. The van der Waals surface area contributed by atoms with Crippen LogP contribution in [0.5, 0.6) is 0 Å². The molecule has 1 aliphatic carbocycles. The second-order valence-electron chi connectivity index (χ2n) is 5.37. The zero-order valence-corrected chi connectivity index (χ0v) is 11.1. The molecule has 94 valence electrons. The average molecular weight is 232 g/mol. The maximum Gasteiger partial charge on any atom is 0.0230 e. The van der Waals surface area contributed by atoms with Crippen molar-refractivity contribution in [2.45, 2.75) is 44.8 Å². The molecule has 0 amide bonds. The van der Waals surface area contributed by atoms with Crippen LogP contribution in [-0.4, -0.2) is 25.0 Å². The minimum absolute atomic E-state index is 0.752. The van der Waals surface area contributed by atoms with Crippen molar-refractivity contribution in [2.24, 2.45) is 0 Å². The first-order chi connectivity index (χ1) is 8.25. The van der Waals surface area contributed by atoms with Crippen molar-refractivity contribution in [3.8, 4) is 0 Å². The second-order valence-corrected chi connectivity index (χ2v) is 5.37. The maximum atomic E-state index is 3.69. The predicted molar refractivity (Wildman–Crippen MR) is 72.9 cm³/mol. The van der Waals surface area contributed by atoms with Crippen molar-refractivity contribution in [1.29, 1.82) is 0 Å². The molecule has 0 heterocycles. The Morgan fingerprint density at radius 3 is 2.41 bits per heavy atom. The van der Waals surface area contributed by atoms with E-state index in [1.54, 1.807) is 0 Å². The Kier molecular flexibility index (Phi) is 4.57. The summed E-state index contributed by atoms with van der Waals surface area (Å²) in [5.74, 6) is 0. The third kappa shape index (κ3) is 3.83. The van der Waals surface area contributed by atoms with Gasteiger partial charge in [0.2, 0.25) is 0 Å². The van der Waals surface area contributed by atoms with Gasteiger partial charge in [0.25, 0.3) is 0 Å². The van der Waals surface area contributed by atoms with Crippen LogP contribution >= 0.6 is 0 Å². The number of benzene rings is 1. The van der Waals surface area contributed by atoms with Crippen LogP contribution in [0.25, 0.3) is 0 Å². The number of rotatable bonds is 5. The Labute approximate surface area is 105 Å². The Morgan fingerprint density at radius 2 is 1.76 bits per heavy atom. The molecule has 1 aromatic rings. The summed E-state index contributed by atoms with van der Waals surface area (Å²) in [5, 5.41) is 3.69. The molecule has 1 aliphatic rings. The molecule has 0 aromatic heterocycles. The highest BCUT2D eigenvalue weighted by atomic mass is 15.0. The van der Waals surface area contributed by atoms with Crippen LogP contribution in [0.3, 0.4) is 0 Å². The third-order valence-corrected chi connectivity index (χ3v) is 3.54. The largest absolute Gasteiger partial charge is 0.310 e. The number of nitrogens with zero attached hydrogens (tertiary/aromatic N) is 1. The van der Waals surface area contributed by atoms with E-state index in [1.807, 2.05) is 0 Å². The SMILES string of the molecule is CN(C)Cc1ccccc1CNC1CCCC1. The first-order valence-electron chi connectivity index (χ1n) is 6.70. The fourth-order valence-corrected chi connectivity index (χ4v) is 2.61. The van der Waals surface area contributed by atoms with Crippen molar-refractivity contribution in [1.82, 2.24) is 10.2 Å². The van der Waals surface area contributed by atoms with E-state index in [1.165, 1.54) is 36.8 Å². The lowest BCUT2D eigenvalue weighted by atomic mass is 10.1. The van der Waals surface area contributed by atoms with Crippen molar-refractivity contribution < 1.29 is 0 Å². The van der Waals surface area contributed by atoms with Crippen LogP contribution in [0.15, 0.2) is 24.3 Å². The Bertz CT molecular complexity index is 341. The summed E-state index contributed by atoms with van der Waals surface area (Å²) in [6, 6.07) is 9.53. The molecule has 0 saturated heterocycles. The van der Waals surface area contributed by atoms with Crippen molar-refractivity contribution >= 4 is 0 Å². The van der Waals surface area contributed by atoms with E-state index in [-0.39, 0.29) is 0 Å². The standard InChI is InChI=1S/C15H24N2/c1-17(2)12-14-8-4-3-7-13(14)11-16-15-9-5-6-10-15/h3-4,7-8,15-16H,5-6,9-12H2,1-2H3. The molecule has 2 heteroatoms. The normalized spacial score (nSPS) is 16.9. The van der Waals surface area contributed by atoms with Gasteiger partial charge in [-0.25, -0.2) is 0 Å². The van der Waals surface area contributed by atoms with Gasteiger partial charge in [0.15, 0.2) is 0 Å². The molecular formula is C15H24N2. The topological polar surface area (TPSA) is 15.3 Å². The number of nitrogens with one attached hydrogen (secondary N) is 1. The predicted octanol–water partition coefficient (Wildman–Crippen LogP) is 2.78. The summed E-state index contributed by atoms with van der Waals surface area (Å²) < 4.78 is 0. The molecule has 0 unspecified atom stereocenters. The zero-order valence-electron chi connectivity index (χ0n) is 11.1. The molecule has 1 aromatic carbocycles. The zero-order chi connectivity index (χ0) is 12.1. The Balaban J connectivity index is 1.94. The molecule has 2 nitrogen and oxygen atoms in total. The van der Waals surface area contributed by atoms with Crippen molar-refractivity contribution in [3.05, 3.63) is 35.4 Å². The molecule has 0 radical (unpaired) electrons. The summed E-state index contributed by atoms with van der Waals surface area (Å²) in [7, 11) is 4.25. The first kappa shape index (κ1) is 12.6. The van der Waals surface area contributed by atoms with E-state index < -0.39 is 0 Å². The molecular weight excluding hydrogens is 208 g/mol. The Hall–Kier alpha value is -0.860. The van der Waals surface area contributed by atoms with Gasteiger partial charge in [-0.1, -0.05) is 37.1 Å². The summed E-state index contributed by atoms with van der Waals surface area (Å²) >= 11 is 0. The molecule has 2 rings (SSSR count). The molecule has 17 heavy (non-hydrogen) atoms. The van der Waals surface area contributed by atoms with E-state index in [0.29, 0.717) is 0 Å². The quantitative estimate of drug-likeness (QED) is 0.840. The lowest BCUT2D eigenvalue weighted by Crippen LogP contribution is -2.26. The molecule has 0 aliphatic heterocycles. The van der Waals surface area contributed by atoms with Gasteiger partial charge in [0, 0.05) is 19.1 Å². The minimum atomic E-state index is 0.752. The molecule has 0 spiro atoms.